The van der Waals surface area contributed by atoms with Crippen molar-refractivity contribution in [2.75, 3.05) is 18.6 Å². The molecule has 0 fully saturated rings. The molecule has 3 rings (SSSR count). The van der Waals surface area contributed by atoms with Crippen LogP contribution in [0.5, 0.6) is 5.75 Å². The Kier molecular flexibility index (Phi) is 3.29. The molecule has 21 heavy (non-hydrogen) atoms. The lowest BCUT2D eigenvalue weighted by molar-refractivity contribution is 0.415. The molecule has 0 bridgehead atoms. The van der Waals surface area contributed by atoms with Gasteiger partial charge in [-0.15, -0.1) is 0 Å². The molecule has 2 heterocycles. The number of ether oxygens (including phenoxy) is 1. The van der Waals surface area contributed by atoms with Crippen LogP contribution in [0.25, 0.3) is 0 Å². The van der Waals surface area contributed by atoms with Crippen molar-refractivity contribution >= 4 is 11.6 Å². The smallest absolute Gasteiger partial charge is 0.196 e. The summed E-state index contributed by atoms with van der Waals surface area (Å²) in [5, 5.41) is 7.31. The molecular weight excluding hydrogens is 266 g/mol. The van der Waals surface area contributed by atoms with E-state index < -0.39 is 0 Å². The molecule has 1 unspecified atom stereocenters. The number of aryl methyl sites for hydroxylation is 2. The molecule has 0 aliphatic carbocycles. The highest BCUT2D eigenvalue weighted by molar-refractivity contribution is 5.97. The fourth-order valence-corrected chi connectivity index (χ4v) is 2.82. The number of nitrogens with one attached hydrogen (secondary N) is 1. The molecular formula is C15H19N5O. The average Bonchev–Trinajstić information content (AvgIpc) is 3.02. The van der Waals surface area contributed by atoms with Crippen molar-refractivity contribution in [1.29, 1.82) is 0 Å². The van der Waals surface area contributed by atoms with Gasteiger partial charge in [-0.1, -0.05) is 0 Å². The Bertz CT molecular complexity index is 654. The summed E-state index contributed by atoms with van der Waals surface area (Å²) in [4.78, 5) is 6.45. The van der Waals surface area contributed by atoms with E-state index in [1.807, 2.05) is 43.0 Å². The van der Waals surface area contributed by atoms with E-state index in [0.717, 1.165) is 28.4 Å². The zero-order chi connectivity index (χ0) is 15.0. The first-order valence-electron chi connectivity index (χ1n) is 6.86. The summed E-state index contributed by atoms with van der Waals surface area (Å²) in [6, 6.07) is 7.91. The molecule has 3 N–H and O–H groups in total. The highest BCUT2D eigenvalue weighted by atomic mass is 16.5. The van der Waals surface area contributed by atoms with Crippen LogP contribution >= 0.6 is 0 Å². The molecule has 1 aromatic heterocycles. The first kappa shape index (κ1) is 13.5. The number of aromatic amines is 1. The number of aromatic nitrogens is 2. The first-order valence-corrected chi connectivity index (χ1v) is 6.86. The average molecular weight is 285 g/mol. The molecule has 1 aromatic carbocycles. The van der Waals surface area contributed by atoms with Gasteiger partial charge in [-0.2, -0.15) is 5.10 Å². The number of methoxy groups -OCH3 is 1. The number of H-pyrrole nitrogens is 1. The van der Waals surface area contributed by atoms with Crippen molar-refractivity contribution in [3.63, 3.8) is 0 Å². The van der Waals surface area contributed by atoms with Gasteiger partial charge in [0.05, 0.1) is 25.4 Å². The minimum atomic E-state index is 0.0807. The molecule has 1 aliphatic rings. The summed E-state index contributed by atoms with van der Waals surface area (Å²) in [6.07, 6.45) is 0. The molecule has 2 aromatic rings. The third-order valence-electron chi connectivity index (χ3n) is 3.85. The maximum Gasteiger partial charge on any atom is 0.196 e. The van der Waals surface area contributed by atoms with Crippen molar-refractivity contribution < 1.29 is 4.74 Å². The number of nitrogens with two attached hydrogens (primary N) is 1. The van der Waals surface area contributed by atoms with Crippen molar-refractivity contribution in [2.24, 2.45) is 10.7 Å². The second-order valence-corrected chi connectivity index (χ2v) is 5.13. The predicted octanol–water partition coefficient (Wildman–Crippen LogP) is 1.91. The predicted molar refractivity (Wildman–Crippen MR) is 82.8 cm³/mol. The summed E-state index contributed by atoms with van der Waals surface area (Å²) in [6.45, 7) is 4.66. The van der Waals surface area contributed by atoms with Crippen molar-refractivity contribution in [2.45, 2.75) is 19.9 Å². The van der Waals surface area contributed by atoms with Gasteiger partial charge in [0.2, 0.25) is 0 Å². The van der Waals surface area contributed by atoms with Gasteiger partial charge in [0.15, 0.2) is 5.96 Å². The summed E-state index contributed by atoms with van der Waals surface area (Å²) in [5.74, 6) is 1.35. The van der Waals surface area contributed by atoms with Crippen molar-refractivity contribution in [3.05, 3.63) is 41.2 Å². The Balaban J connectivity index is 1.99. The number of benzene rings is 1. The Hall–Kier alpha value is -2.50. The number of nitrogens with zero attached hydrogens (tertiary/aromatic N) is 3. The van der Waals surface area contributed by atoms with Crippen LogP contribution in [0.15, 0.2) is 29.3 Å². The fourth-order valence-electron chi connectivity index (χ4n) is 2.82. The first-order chi connectivity index (χ1) is 10.1. The Morgan fingerprint density at radius 1 is 1.29 bits per heavy atom. The van der Waals surface area contributed by atoms with E-state index >= 15 is 0 Å². The van der Waals surface area contributed by atoms with Gasteiger partial charge in [0.1, 0.15) is 5.75 Å². The third kappa shape index (κ3) is 2.22. The van der Waals surface area contributed by atoms with Crippen molar-refractivity contribution in [3.8, 4) is 5.75 Å². The van der Waals surface area contributed by atoms with E-state index in [1.54, 1.807) is 7.11 Å². The molecule has 1 aliphatic heterocycles. The largest absolute Gasteiger partial charge is 0.497 e. The molecule has 6 heteroatoms. The van der Waals surface area contributed by atoms with Gasteiger partial charge >= 0.3 is 0 Å². The van der Waals surface area contributed by atoms with Gasteiger partial charge in [-0.05, 0) is 38.1 Å². The number of hydrogen-bond donors (Lipinski definition) is 2. The maximum absolute atomic E-state index is 6.09. The van der Waals surface area contributed by atoms with Crippen LogP contribution in [0.2, 0.25) is 0 Å². The topological polar surface area (TPSA) is 79.5 Å². The molecule has 0 radical (unpaired) electrons. The zero-order valence-corrected chi connectivity index (χ0v) is 12.4. The van der Waals surface area contributed by atoms with Crippen LogP contribution in [0.3, 0.4) is 0 Å². The normalized spacial score (nSPS) is 18.0. The lowest BCUT2D eigenvalue weighted by Gasteiger charge is -2.27. The summed E-state index contributed by atoms with van der Waals surface area (Å²) in [7, 11) is 1.65. The molecule has 0 saturated carbocycles. The summed E-state index contributed by atoms with van der Waals surface area (Å²) < 4.78 is 5.20. The van der Waals surface area contributed by atoms with Gasteiger partial charge in [-0.3, -0.25) is 10.1 Å². The molecule has 110 valence electrons. The SMILES string of the molecule is COc1ccc(N2C(N)=NCC2c2c(C)n[nH]c2C)cc1. The van der Waals surface area contributed by atoms with Gasteiger partial charge < -0.3 is 15.4 Å². The van der Waals surface area contributed by atoms with Crippen LogP contribution in [-0.2, 0) is 0 Å². The minimum absolute atomic E-state index is 0.0807. The van der Waals surface area contributed by atoms with Gasteiger partial charge in [-0.25, -0.2) is 0 Å². The van der Waals surface area contributed by atoms with Crippen molar-refractivity contribution in [1.82, 2.24) is 10.2 Å². The van der Waals surface area contributed by atoms with E-state index in [9.17, 15) is 0 Å². The summed E-state index contributed by atoms with van der Waals surface area (Å²) in [5.41, 5.74) is 10.3. The van der Waals surface area contributed by atoms with Gasteiger partial charge in [0.25, 0.3) is 0 Å². The lowest BCUT2D eigenvalue weighted by Crippen LogP contribution is -2.36. The highest BCUT2D eigenvalue weighted by Gasteiger charge is 2.32. The molecule has 0 spiro atoms. The van der Waals surface area contributed by atoms with E-state index in [1.165, 1.54) is 0 Å². The monoisotopic (exact) mass is 285 g/mol. The maximum atomic E-state index is 6.09. The van der Waals surface area contributed by atoms with E-state index in [4.69, 9.17) is 10.5 Å². The highest BCUT2D eigenvalue weighted by Crippen LogP contribution is 2.34. The van der Waals surface area contributed by atoms with E-state index in [0.29, 0.717) is 12.5 Å². The number of hydrogen-bond acceptors (Lipinski definition) is 5. The number of rotatable bonds is 3. The third-order valence-corrected chi connectivity index (χ3v) is 3.85. The van der Waals surface area contributed by atoms with E-state index in [-0.39, 0.29) is 6.04 Å². The second kappa shape index (κ2) is 5.12. The molecule has 0 amide bonds. The van der Waals surface area contributed by atoms with Gasteiger partial charge in [0, 0.05) is 16.9 Å². The molecule has 0 saturated heterocycles. The minimum Gasteiger partial charge on any atom is -0.497 e. The lowest BCUT2D eigenvalue weighted by atomic mass is 10.0. The quantitative estimate of drug-likeness (QED) is 0.903. The second-order valence-electron chi connectivity index (χ2n) is 5.13. The summed E-state index contributed by atoms with van der Waals surface area (Å²) >= 11 is 0. The van der Waals surface area contributed by atoms with Crippen LogP contribution in [-0.4, -0.2) is 29.8 Å². The zero-order valence-electron chi connectivity index (χ0n) is 12.4. The van der Waals surface area contributed by atoms with Crippen LogP contribution < -0.4 is 15.4 Å². The Morgan fingerprint density at radius 3 is 2.57 bits per heavy atom. The standard InChI is InChI=1S/C15H19N5O/c1-9-14(10(2)19-18-9)13-8-17-15(16)20(13)11-4-6-12(21-3)7-5-11/h4-7,13H,8H2,1-3H3,(H2,16,17)(H,18,19). The molecule has 6 nitrogen and oxygen atoms in total. The number of aliphatic imine (C=N–C) groups is 1. The Morgan fingerprint density at radius 2 is 2.00 bits per heavy atom. The number of anilines is 1. The van der Waals surface area contributed by atoms with E-state index in [2.05, 4.69) is 15.2 Å². The number of guanidine groups is 1. The Labute approximate surface area is 123 Å². The van der Waals surface area contributed by atoms with Crippen LogP contribution in [0, 0.1) is 13.8 Å². The van der Waals surface area contributed by atoms with Crippen LogP contribution in [0.1, 0.15) is 23.0 Å². The molecule has 1 atom stereocenters. The van der Waals surface area contributed by atoms with Crippen LogP contribution in [0.4, 0.5) is 5.69 Å². The fraction of sp³-hybridized carbons (Fsp3) is 0.333.